The highest BCUT2D eigenvalue weighted by Gasteiger charge is 2.15. The van der Waals surface area contributed by atoms with Gasteiger partial charge in [-0.05, 0) is 41.0 Å². The zero-order chi connectivity index (χ0) is 18.1. The van der Waals surface area contributed by atoms with Gasteiger partial charge >= 0.3 is 0 Å². The lowest BCUT2D eigenvalue weighted by atomic mass is 10.1. The first-order chi connectivity index (χ1) is 11.4. The molecule has 0 fully saturated rings. The summed E-state index contributed by atoms with van der Waals surface area (Å²) in [6.07, 6.45) is 0.772. The van der Waals surface area contributed by atoms with E-state index < -0.39 is 0 Å². The highest BCUT2D eigenvalue weighted by atomic mass is 127. The van der Waals surface area contributed by atoms with E-state index in [2.05, 4.69) is 15.5 Å². The van der Waals surface area contributed by atoms with Crippen LogP contribution in [0.4, 0.5) is 0 Å². The van der Waals surface area contributed by atoms with Gasteiger partial charge in [0.25, 0.3) is 0 Å². The van der Waals surface area contributed by atoms with E-state index in [0.717, 1.165) is 49.0 Å². The van der Waals surface area contributed by atoms with Gasteiger partial charge in [-0.25, -0.2) is 0 Å². The first kappa shape index (κ1) is 23.7. The minimum absolute atomic E-state index is 0. The predicted octanol–water partition coefficient (Wildman–Crippen LogP) is 2.22. The number of nitrogens with one attached hydrogen (secondary N) is 1. The van der Waals surface area contributed by atoms with Gasteiger partial charge in [0.05, 0.1) is 12.2 Å². The lowest BCUT2D eigenvalue weighted by molar-refractivity contribution is -0.131. The first-order valence-electron chi connectivity index (χ1n) is 8.63. The van der Waals surface area contributed by atoms with Crippen molar-refractivity contribution in [1.29, 1.82) is 0 Å². The lowest BCUT2D eigenvalue weighted by Crippen LogP contribution is -2.45. The molecule has 1 aromatic heterocycles. The molecule has 0 saturated carbocycles. The number of carbonyl (C=O) groups is 1. The van der Waals surface area contributed by atoms with Crippen LogP contribution in [0.2, 0.25) is 0 Å². The van der Waals surface area contributed by atoms with E-state index in [1.807, 2.05) is 51.5 Å². The highest BCUT2D eigenvalue weighted by Crippen LogP contribution is 2.12. The molecule has 0 spiro atoms. The molecule has 1 rings (SSSR count). The Morgan fingerprint density at radius 3 is 2.36 bits per heavy atom. The van der Waals surface area contributed by atoms with E-state index in [-0.39, 0.29) is 29.9 Å². The number of likely N-dealkylation sites (N-methyl/N-ethyl adjacent to an activating group) is 2. The third-order valence-corrected chi connectivity index (χ3v) is 3.99. The van der Waals surface area contributed by atoms with E-state index in [1.54, 1.807) is 0 Å². The fourth-order valence-electron chi connectivity index (χ4n) is 2.56. The monoisotopic (exact) mass is 465 g/mol. The fourth-order valence-corrected chi connectivity index (χ4v) is 2.56. The maximum Gasteiger partial charge on any atom is 0.242 e. The zero-order valence-corrected chi connectivity index (χ0v) is 18.6. The van der Waals surface area contributed by atoms with Crippen molar-refractivity contribution in [1.82, 2.24) is 20.3 Å². The Hall–Kier alpha value is -1.32. The summed E-state index contributed by atoms with van der Waals surface area (Å²) in [5, 5.41) is 7.20. The molecule has 0 bridgehead atoms. The summed E-state index contributed by atoms with van der Waals surface area (Å²) in [5.41, 5.74) is 2.02. The molecule has 8 heteroatoms. The van der Waals surface area contributed by atoms with Crippen LogP contribution in [0.5, 0.6) is 0 Å². The number of aliphatic imine (C=N–C) groups is 1. The summed E-state index contributed by atoms with van der Waals surface area (Å²) >= 11 is 0. The van der Waals surface area contributed by atoms with Crippen molar-refractivity contribution in [2.75, 3.05) is 39.8 Å². The van der Waals surface area contributed by atoms with Crippen molar-refractivity contribution in [3.05, 3.63) is 17.0 Å². The number of hydrogen-bond donors (Lipinski definition) is 1. The Balaban J connectivity index is 0.00000576. The van der Waals surface area contributed by atoms with E-state index in [1.165, 1.54) is 0 Å². The molecule has 25 heavy (non-hydrogen) atoms. The molecule has 1 heterocycles. The summed E-state index contributed by atoms with van der Waals surface area (Å²) < 4.78 is 5.18. The number of aromatic nitrogens is 1. The van der Waals surface area contributed by atoms with Gasteiger partial charge in [-0.3, -0.25) is 9.79 Å². The van der Waals surface area contributed by atoms with E-state index >= 15 is 0 Å². The molecule has 0 aromatic carbocycles. The highest BCUT2D eigenvalue weighted by molar-refractivity contribution is 14.0. The number of carbonyl (C=O) groups excluding carboxylic acids is 1. The van der Waals surface area contributed by atoms with Crippen molar-refractivity contribution in [3.63, 3.8) is 0 Å². The smallest absolute Gasteiger partial charge is 0.242 e. The lowest BCUT2D eigenvalue weighted by Gasteiger charge is -2.25. The van der Waals surface area contributed by atoms with E-state index in [0.29, 0.717) is 13.1 Å². The summed E-state index contributed by atoms with van der Waals surface area (Å²) in [7, 11) is 1.89. The van der Waals surface area contributed by atoms with Crippen LogP contribution in [0, 0.1) is 13.8 Å². The number of guanidine groups is 1. The molecule has 0 radical (unpaired) electrons. The molecule has 144 valence electrons. The Labute approximate surface area is 168 Å². The molecular formula is C17H32IN5O2. The molecule has 7 nitrogen and oxygen atoms in total. The Morgan fingerprint density at radius 2 is 1.88 bits per heavy atom. The molecule has 0 aliphatic heterocycles. The number of halogens is 1. The van der Waals surface area contributed by atoms with Gasteiger partial charge in [0.15, 0.2) is 5.96 Å². The number of nitrogens with zero attached hydrogens (tertiary/aromatic N) is 4. The molecule has 1 amide bonds. The van der Waals surface area contributed by atoms with Crippen LogP contribution in [-0.2, 0) is 11.2 Å². The summed E-state index contributed by atoms with van der Waals surface area (Å²) in [4.78, 5) is 20.6. The maximum absolute atomic E-state index is 12.3. The van der Waals surface area contributed by atoms with Crippen molar-refractivity contribution in [2.45, 2.75) is 41.0 Å². The normalized spacial score (nSPS) is 11.0. The minimum Gasteiger partial charge on any atom is -0.361 e. The number of amides is 1. The molecule has 0 aliphatic rings. The quantitative estimate of drug-likeness (QED) is 0.362. The molecule has 0 unspecified atom stereocenters. The van der Waals surface area contributed by atoms with Gasteiger partial charge in [0.1, 0.15) is 5.76 Å². The Morgan fingerprint density at radius 1 is 1.24 bits per heavy atom. The van der Waals surface area contributed by atoms with Crippen molar-refractivity contribution < 1.29 is 9.32 Å². The first-order valence-corrected chi connectivity index (χ1v) is 8.63. The van der Waals surface area contributed by atoms with E-state index in [4.69, 9.17) is 4.52 Å². The van der Waals surface area contributed by atoms with Crippen LogP contribution in [0.15, 0.2) is 9.52 Å². The van der Waals surface area contributed by atoms with Crippen LogP contribution >= 0.6 is 24.0 Å². The van der Waals surface area contributed by atoms with Gasteiger partial charge in [0.2, 0.25) is 5.91 Å². The molecule has 0 saturated heterocycles. The zero-order valence-electron chi connectivity index (χ0n) is 16.3. The largest absolute Gasteiger partial charge is 0.361 e. The second-order valence-corrected chi connectivity index (χ2v) is 5.71. The van der Waals surface area contributed by atoms with Gasteiger partial charge in [-0.1, -0.05) is 5.16 Å². The van der Waals surface area contributed by atoms with Crippen molar-refractivity contribution in [2.24, 2.45) is 4.99 Å². The summed E-state index contributed by atoms with van der Waals surface area (Å²) in [6, 6.07) is 0. The van der Waals surface area contributed by atoms with Gasteiger partial charge < -0.3 is 19.6 Å². The second-order valence-electron chi connectivity index (χ2n) is 5.71. The van der Waals surface area contributed by atoms with Crippen LogP contribution < -0.4 is 5.32 Å². The number of rotatable bonds is 8. The van der Waals surface area contributed by atoms with Crippen LogP contribution in [0.25, 0.3) is 0 Å². The average Bonchev–Trinajstić information content (AvgIpc) is 2.86. The third kappa shape index (κ3) is 7.21. The standard InChI is InChI=1S/C17H31N5O2.HI/c1-7-18-17(21(6)12-16(23)22(8-2)9-3)19-11-10-15-13(4)20-24-14(15)5;/h7-12H2,1-6H3,(H,18,19);1H. The SMILES string of the molecule is CCNC(=NCCc1c(C)noc1C)N(C)CC(=O)N(CC)CC.I. The molecular weight excluding hydrogens is 433 g/mol. The Kier molecular flexibility index (Phi) is 11.5. The predicted molar refractivity (Wildman–Crippen MR) is 112 cm³/mol. The van der Waals surface area contributed by atoms with Crippen LogP contribution in [0.3, 0.4) is 0 Å². The maximum atomic E-state index is 12.3. The number of aryl methyl sites for hydroxylation is 2. The minimum atomic E-state index is 0. The number of hydrogen-bond acceptors (Lipinski definition) is 4. The van der Waals surface area contributed by atoms with Gasteiger partial charge in [-0.2, -0.15) is 0 Å². The van der Waals surface area contributed by atoms with Crippen molar-refractivity contribution >= 4 is 35.8 Å². The average molecular weight is 465 g/mol. The molecule has 1 N–H and O–H groups in total. The van der Waals surface area contributed by atoms with Gasteiger partial charge in [0, 0.05) is 38.8 Å². The molecule has 1 aromatic rings. The fraction of sp³-hybridized carbons (Fsp3) is 0.706. The summed E-state index contributed by atoms with van der Waals surface area (Å²) in [5.74, 6) is 1.70. The second kappa shape index (κ2) is 12.1. The third-order valence-electron chi connectivity index (χ3n) is 3.99. The molecule has 0 aliphatic carbocycles. The van der Waals surface area contributed by atoms with Crippen molar-refractivity contribution in [3.8, 4) is 0 Å². The Bertz CT molecular complexity index is 536. The topological polar surface area (TPSA) is 74.0 Å². The van der Waals surface area contributed by atoms with Crippen LogP contribution in [-0.4, -0.2) is 66.6 Å². The van der Waals surface area contributed by atoms with Gasteiger partial charge in [-0.15, -0.1) is 24.0 Å². The van der Waals surface area contributed by atoms with Crippen LogP contribution in [0.1, 0.15) is 37.8 Å². The molecule has 0 atom stereocenters. The van der Waals surface area contributed by atoms with E-state index in [9.17, 15) is 4.79 Å². The summed E-state index contributed by atoms with van der Waals surface area (Å²) in [6.45, 7) is 13.0.